The minimum atomic E-state index is -0.194. The summed E-state index contributed by atoms with van der Waals surface area (Å²) in [5.74, 6) is -0.194. The topological polar surface area (TPSA) is 29.1 Å². The number of carbonyl (C=O) groups is 1. The average Bonchev–Trinajstić information content (AvgIpc) is 2.36. The minimum absolute atomic E-state index is 0.194. The second kappa shape index (κ2) is 6.39. The van der Waals surface area contributed by atoms with Crippen LogP contribution < -0.4 is 5.32 Å². The third-order valence-electron chi connectivity index (χ3n) is 2.36. The van der Waals surface area contributed by atoms with Crippen molar-refractivity contribution >= 4 is 71.0 Å². The molecular formula is C13H7Br3ClNO. The van der Waals surface area contributed by atoms with Crippen LogP contribution in [0.15, 0.2) is 49.8 Å². The van der Waals surface area contributed by atoms with Gasteiger partial charge in [0.15, 0.2) is 0 Å². The Morgan fingerprint density at radius 1 is 1.00 bits per heavy atom. The first-order valence-electron chi connectivity index (χ1n) is 5.19. The van der Waals surface area contributed by atoms with Crippen molar-refractivity contribution in [1.82, 2.24) is 0 Å². The van der Waals surface area contributed by atoms with Gasteiger partial charge in [-0.25, -0.2) is 0 Å². The zero-order chi connectivity index (χ0) is 14.0. The number of amides is 1. The highest BCUT2D eigenvalue weighted by molar-refractivity contribution is 9.11. The Bertz CT molecular complexity index is 646. The molecule has 2 nitrogen and oxygen atoms in total. The van der Waals surface area contributed by atoms with Crippen molar-refractivity contribution in [2.45, 2.75) is 0 Å². The lowest BCUT2D eigenvalue weighted by molar-refractivity contribution is 0.102. The van der Waals surface area contributed by atoms with Gasteiger partial charge in [0.2, 0.25) is 0 Å². The van der Waals surface area contributed by atoms with E-state index in [0.29, 0.717) is 20.7 Å². The van der Waals surface area contributed by atoms with Crippen molar-refractivity contribution < 1.29 is 4.79 Å². The summed E-state index contributed by atoms with van der Waals surface area (Å²) in [5, 5.41) is 3.40. The highest BCUT2D eigenvalue weighted by Crippen LogP contribution is 2.27. The smallest absolute Gasteiger partial charge is 0.255 e. The zero-order valence-electron chi connectivity index (χ0n) is 9.38. The quantitative estimate of drug-likeness (QED) is 0.586. The molecule has 0 saturated heterocycles. The predicted octanol–water partition coefficient (Wildman–Crippen LogP) is 5.88. The number of hydrogen-bond acceptors (Lipinski definition) is 1. The Kier molecular flexibility index (Phi) is 5.06. The summed E-state index contributed by atoms with van der Waals surface area (Å²) in [6.45, 7) is 0. The lowest BCUT2D eigenvalue weighted by Gasteiger charge is -2.08. The van der Waals surface area contributed by atoms with Crippen LogP contribution >= 0.6 is 59.4 Å². The minimum Gasteiger partial charge on any atom is -0.321 e. The van der Waals surface area contributed by atoms with Gasteiger partial charge in [-0.3, -0.25) is 4.79 Å². The van der Waals surface area contributed by atoms with Crippen molar-refractivity contribution in [2.24, 2.45) is 0 Å². The van der Waals surface area contributed by atoms with Crippen molar-refractivity contribution in [3.8, 4) is 0 Å². The molecule has 1 N–H and O–H groups in total. The van der Waals surface area contributed by atoms with Gasteiger partial charge in [-0.1, -0.05) is 27.5 Å². The molecule has 0 aliphatic heterocycles. The van der Waals surface area contributed by atoms with Crippen LogP contribution in [0.4, 0.5) is 5.69 Å². The van der Waals surface area contributed by atoms with Crippen LogP contribution in [0.5, 0.6) is 0 Å². The Morgan fingerprint density at radius 3 is 2.37 bits per heavy atom. The van der Waals surface area contributed by atoms with Gasteiger partial charge in [0, 0.05) is 19.0 Å². The van der Waals surface area contributed by atoms with E-state index in [9.17, 15) is 4.79 Å². The molecule has 6 heteroatoms. The number of nitrogens with one attached hydrogen (secondary N) is 1. The first kappa shape index (κ1) is 15.0. The van der Waals surface area contributed by atoms with Crippen LogP contribution in [0.3, 0.4) is 0 Å². The Balaban J connectivity index is 2.23. The number of anilines is 1. The molecule has 1 amide bonds. The van der Waals surface area contributed by atoms with E-state index >= 15 is 0 Å². The molecule has 0 radical (unpaired) electrons. The molecular weight excluding hydrogens is 461 g/mol. The summed E-state index contributed by atoms with van der Waals surface area (Å²) in [7, 11) is 0. The Hall–Kier alpha value is -0.360. The second-order valence-corrected chi connectivity index (χ2v) is 6.74. The summed E-state index contributed by atoms with van der Waals surface area (Å²) in [4.78, 5) is 12.1. The van der Waals surface area contributed by atoms with Crippen molar-refractivity contribution in [2.75, 3.05) is 5.32 Å². The number of benzene rings is 2. The van der Waals surface area contributed by atoms with E-state index in [-0.39, 0.29) is 5.91 Å². The van der Waals surface area contributed by atoms with Gasteiger partial charge in [-0.15, -0.1) is 0 Å². The molecule has 0 aromatic heterocycles. The molecule has 19 heavy (non-hydrogen) atoms. The van der Waals surface area contributed by atoms with Gasteiger partial charge in [0.1, 0.15) is 0 Å². The van der Waals surface area contributed by atoms with E-state index in [1.54, 1.807) is 18.2 Å². The van der Waals surface area contributed by atoms with Crippen LogP contribution in [0.2, 0.25) is 5.02 Å². The van der Waals surface area contributed by atoms with E-state index in [4.69, 9.17) is 11.6 Å². The molecule has 0 fully saturated rings. The maximum atomic E-state index is 12.1. The molecule has 0 bridgehead atoms. The fourth-order valence-electron chi connectivity index (χ4n) is 1.42. The first-order valence-corrected chi connectivity index (χ1v) is 7.94. The molecule has 0 heterocycles. The van der Waals surface area contributed by atoms with Crippen molar-refractivity contribution in [3.05, 3.63) is 60.4 Å². The lowest BCUT2D eigenvalue weighted by atomic mass is 10.2. The maximum absolute atomic E-state index is 12.1. The molecule has 98 valence electrons. The number of rotatable bonds is 2. The number of hydrogen-bond donors (Lipinski definition) is 1. The molecule has 0 spiro atoms. The van der Waals surface area contributed by atoms with Crippen LogP contribution in [-0.2, 0) is 0 Å². The zero-order valence-corrected chi connectivity index (χ0v) is 14.9. The Labute approximate surface area is 140 Å². The maximum Gasteiger partial charge on any atom is 0.255 e. The van der Waals surface area contributed by atoms with E-state index in [2.05, 4.69) is 53.1 Å². The summed E-state index contributed by atoms with van der Waals surface area (Å²) in [5.41, 5.74) is 1.24. The second-order valence-electron chi connectivity index (χ2n) is 3.71. The highest BCUT2D eigenvalue weighted by atomic mass is 79.9. The van der Waals surface area contributed by atoms with Crippen LogP contribution in [0.25, 0.3) is 0 Å². The molecule has 0 atom stereocenters. The van der Waals surface area contributed by atoms with Gasteiger partial charge in [0.25, 0.3) is 5.91 Å². The van der Waals surface area contributed by atoms with Crippen LogP contribution in [0, 0.1) is 0 Å². The summed E-state index contributed by atoms with van der Waals surface area (Å²) in [6, 6.07) is 10.6. The molecule has 2 aromatic carbocycles. The van der Waals surface area contributed by atoms with Crippen LogP contribution in [-0.4, -0.2) is 5.91 Å². The summed E-state index contributed by atoms with van der Waals surface area (Å²) < 4.78 is 2.44. The normalized spacial score (nSPS) is 10.3. The standard InChI is InChI=1S/C13H7Br3ClNO/c14-8-2-4-12(10(16)6-8)18-13(19)7-1-3-11(17)9(15)5-7/h1-6H,(H,18,19). The number of halogens is 4. The lowest BCUT2D eigenvalue weighted by Crippen LogP contribution is -2.12. The Morgan fingerprint density at radius 2 is 1.74 bits per heavy atom. The summed E-state index contributed by atoms with van der Waals surface area (Å²) in [6.07, 6.45) is 0. The fraction of sp³-hybridized carbons (Fsp3) is 0. The third kappa shape index (κ3) is 3.81. The van der Waals surface area contributed by atoms with Gasteiger partial charge in [0.05, 0.1) is 10.7 Å². The van der Waals surface area contributed by atoms with Gasteiger partial charge in [-0.05, 0) is 68.3 Å². The van der Waals surface area contributed by atoms with Gasteiger partial charge < -0.3 is 5.32 Å². The van der Waals surface area contributed by atoms with Crippen molar-refractivity contribution in [3.63, 3.8) is 0 Å². The highest BCUT2D eigenvalue weighted by Gasteiger charge is 2.10. The third-order valence-corrected chi connectivity index (χ3v) is 4.72. The van der Waals surface area contributed by atoms with E-state index < -0.39 is 0 Å². The van der Waals surface area contributed by atoms with E-state index in [1.807, 2.05) is 18.2 Å². The van der Waals surface area contributed by atoms with E-state index in [0.717, 1.165) is 8.95 Å². The number of carbonyl (C=O) groups excluding carboxylic acids is 1. The van der Waals surface area contributed by atoms with Gasteiger partial charge >= 0.3 is 0 Å². The average molecular weight is 468 g/mol. The van der Waals surface area contributed by atoms with E-state index in [1.165, 1.54) is 0 Å². The SMILES string of the molecule is O=C(Nc1ccc(Br)cc1Br)c1ccc(Cl)c(Br)c1. The predicted molar refractivity (Wildman–Crippen MR) is 88.9 cm³/mol. The largest absolute Gasteiger partial charge is 0.321 e. The van der Waals surface area contributed by atoms with Crippen molar-refractivity contribution in [1.29, 1.82) is 0 Å². The molecule has 0 saturated carbocycles. The molecule has 2 rings (SSSR count). The van der Waals surface area contributed by atoms with Gasteiger partial charge in [-0.2, -0.15) is 0 Å². The molecule has 0 unspecified atom stereocenters. The fourth-order valence-corrected chi connectivity index (χ4v) is 3.07. The molecule has 0 aliphatic rings. The monoisotopic (exact) mass is 465 g/mol. The summed E-state index contributed by atoms with van der Waals surface area (Å²) >= 11 is 16.0. The van der Waals surface area contributed by atoms with Crippen LogP contribution in [0.1, 0.15) is 10.4 Å². The first-order chi connectivity index (χ1) is 8.97. The molecule has 2 aromatic rings. The molecule has 0 aliphatic carbocycles.